The molecule has 0 aromatic heterocycles. The maximum Gasteiger partial charge on any atom is 0.122 e. The van der Waals surface area contributed by atoms with Crippen LogP contribution in [0.1, 0.15) is 27.7 Å². The van der Waals surface area contributed by atoms with Gasteiger partial charge < -0.3 is 0 Å². The zero-order valence-corrected chi connectivity index (χ0v) is 8.60. The van der Waals surface area contributed by atoms with Crippen LogP contribution in [0.3, 0.4) is 0 Å². The number of thioether (sulfide) groups is 2. The minimum atomic E-state index is 0.541. The van der Waals surface area contributed by atoms with Crippen LogP contribution in [0.15, 0.2) is 0 Å². The van der Waals surface area contributed by atoms with Crippen molar-refractivity contribution in [2.24, 2.45) is 0 Å². The molecule has 0 saturated carbocycles. The molecule has 0 aliphatic carbocycles. The molecule has 0 aliphatic heterocycles. The lowest BCUT2D eigenvalue weighted by Crippen LogP contribution is -1.97. The average molecular weight is 177 g/mol. The van der Waals surface area contributed by atoms with E-state index in [2.05, 4.69) is 27.7 Å². The molecule has 0 aromatic rings. The molecular weight excluding hydrogens is 162 g/mol. The van der Waals surface area contributed by atoms with Gasteiger partial charge in [-0.1, -0.05) is 51.2 Å². The first-order valence-electron chi connectivity index (χ1n) is 3.44. The van der Waals surface area contributed by atoms with Crippen molar-refractivity contribution in [3.05, 3.63) is 0 Å². The summed E-state index contributed by atoms with van der Waals surface area (Å²) < 4.78 is 0.741. The van der Waals surface area contributed by atoms with Crippen molar-refractivity contribution in [3.8, 4) is 0 Å². The van der Waals surface area contributed by atoms with Gasteiger partial charge in [-0.2, -0.15) is 0 Å². The lowest BCUT2D eigenvalue weighted by molar-refractivity contribution is 1.12. The third-order valence-electron chi connectivity index (χ3n) is 0.685. The van der Waals surface area contributed by atoms with Gasteiger partial charge in [-0.05, 0) is 0 Å². The standard InChI is InChI=1S/C7H15NS2/c1-5(2)9-7(8)10-6(3)4/h5-6,8H,1-4H3. The fraction of sp³-hybridized carbons (Fsp3) is 0.857. The Labute approximate surface area is 71.9 Å². The fourth-order valence-corrected chi connectivity index (χ4v) is 2.69. The molecule has 1 nitrogen and oxygen atoms in total. The van der Waals surface area contributed by atoms with Crippen molar-refractivity contribution in [3.63, 3.8) is 0 Å². The fourth-order valence-electron chi connectivity index (χ4n) is 0.456. The highest BCUT2D eigenvalue weighted by molar-refractivity contribution is 8.39. The molecule has 0 spiro atoms. The van der Waals surface area contributed by atoms with Gasteiger partial charge >= 0.3 is 0 Å². The SMILES string of the molecule is CC(C)SC(=N)SC(C)C. The van der Waals surface area contributed by atoms with Crippen LogP contribution in [0.5, 0.6) is 0 Å². The van der Waals surface area contributed by atoms with Gasteiger partial charge in [0.25, 0.3) is 0 Å². The van der Waals surface area contributed by atoms with Crippen LogP contribution < -0.4 is 0 Å². The van der Waals surface area contributed by atoms with Gasteiger partial charge in [-0.3, -0.25) is 5.41 Å². The van der Waals surface area contributed by atoms with E-state index in [9.17, 15) is 0 Å². The number of nitrogens with one attached hydrogen (secondary N) is 1. The highest BCUT2D eigenvalue weighted by Gasteiger charge is 2.03. The molecule has 0 radical (unpaired) electrons. The van der Waals surface area contributed by atoms with Crippen molar-refractivity contribution in [1.29, 1.82) is 5.41 Å². The normalized spacial score (nSPS) is 11.0. The van der Waals surface area contributed by atoms with E-state index in [-0.39, 0.29) is 0 Å². The molecular formula is C7H15NS2. The second-order valence-electron chi connectivity index (χ2n) is 2.62. The van der Waals surface area contributed by atoms with Crippen LogP contribution in [0.2, 0.25) is 0 Å². The molecule has 0 bridgehead atoms. The summed E-state index contributed by atoms with van der Waals surface area (Å²) >= 11 is 3.26. The molecule has 0 unspecified atom stereocenters. The second kappa shape index (κ2) is 5.08. The van der Waals surface area contributed by atoms with E-state index in [0.717, 1.165) is 4.38 Å². The largest absolute Gasteiger partial charge is 0.288 e. The summed E-state index contributed by atoms with van der Waals surface area (Å²) in [6.45, 7) is 8.44. The molecule has 0 amide bonds. The molecule has 0 aromatic carbocycles. The minimum absolute atomic E-state index is 0.541. The van der Waals surface area contributed by atoms with Crippen LogP contribution in [0.4, 0.5) is 0 Å². The molecule has 1 N–H and O–H groups in total. The molecule has 0 rings (SSSR count). The maximum absolute atomic E-state index is 7.48. The third kappa shape index (κ3) is 6.49. The molecule has 0 saturated heterocycles. The first-order chi connectivity index (χ1) is 4.52. The molecule has 0 heterocycles. The number of rotatable bonds is 2. The van der Waals surface area contributed by atoms with Crippen molar-refractivity contribution in [2.45, 2.75) is 38.2 Å². The summed E-state index contributed by atoms with van der Waals surface area (Å²) in [5.41, 5.74) is 0. The summed E-state index contributed by atoms with van der Waals surface area (Å²) in [7, 11) is 0. The Kier molecular flexibility index (Phi) is 5.27. The monoisotopic (exact) mass is 177 g/mol. The summed E-state index contributed by atoms with van der Waals surface area (Å²) in [5.74, 6) is 0. The highest BCUT2D eigenvalue weighted by Crippen LogP contribution is 2.22. The zero-order valence-electron chi connectivity index (χ0n) is 6.97. The van der Waals surface area contributed by atoms with E-state index in [1.807, 2.05) is 0 Å². The molecule has 3 heteroatoms. The van der Waals surface area contributed by atoms with E-state index in [0.29, 0.717) is 10.5 Å². The molecule has 10 heavy (non-hydrogen) atoms. The van der Waals surface area contributed by atoms with Crippen LogP contribution in [-0.2, 0) is 0 Å². The predicted molar refractivity (Wildman–Crippen MR) is 53.2 cm³/mol. The Bertz CT molecular complexity index is 98.2. The van der Waals surface area contributed by atoms with Crippen molar-refractivity contribution < 1.29 is 0 Å². The summed E-state index contributed by atoms with van der Waals surface area (Å²) in [6.07, 6.45) is 0. The Morgan fingerprint density at radius 1 is 1.00 bits per heavy atom. The zero-order chi connectivity index (χ0) is 8.15. The van der Waals surface area contributed by atoms with E-state index in [4.69, 9.17) is 5.41 Å². The summed E-state index contributed by atoms with van der Waals surface area (Å²) in [6, 6.07) is 0. The Balaban J connectivity index is 3.44. The van der Waals surface area contributed by atoms with Gasteiger partial charge in [0.05, 0.1) is 0 Å². The smallest absolute Gasteiger partial charge is 0.122 e. The van der Waals surface area contributed by atoms with Gasteiger partial charge in [0.2, 0.25) is 0 Å². The highest BCUT2D eigenvalue weighted by atomic mass is 32.2. The van der Waals surface area contributed by atoms with Gasteiger partial charge in [-0.25, -0.2) is 0 Å². The lowest BCUT2D eigenvalue weighted by atomic mass is 10.6. The second-order valence-corrected chi connectivity index (χ2v) is 6.05. The number of hydrogen-bond acceptors (Lipinski definition) is 3. The third-order valence-corrected chi connectivity index (χ3v) is 2.63. The van der Waals surface area contributed by atoms with Gasteiger partial charge in [0.1, 0.15) is 4.38 Å². The van der Waals surface area contributed by atoms with Crippen molar-refractivity contribution in [1.82, 2.24) is 0 Å². The van der Waals surface area contributed by atoms with E-state index in [1.165, 1.54) is 0 Å². The topological polar surface area (TPSA) is 23.9 Å². The van der Waals surface area contributed by atoms with E-state index < -0.39 is 0 Å². The first-order valence-corrected chi connectivity index (χ1v) is 5.20. The molecule has 60 valence electrons. The predicted octanol–water partition coefficient (Wildman–Crippen LogP) is 3.20. The Hall–Kier alpha value is 0.370. The van der Waals surface area contributed by atoms with Crippen LogP contribution in [0.25, 0.3) is 0 Å². The average Bonchev–Trinajstić information content (AvgIpc) is 1.58. The molecule has 0 atom stereocenters. The van der Waals surface area contributed by atoms with E-state index in [1.54, 1.807) is 23.5 Å². The summed E-state index contributed by atoms with van der Waals surface area (Å²) in [5, 5.41) is 8.56. The van der Waals surface area contributed by atoms with Crippen molar-refractivity contribution >= 4 is 27.9 Å². The van der Waals surface area contributed by atoms with Crippen molar-refractivity contribution in [2.75, 3.05) is 0 Å². The molecule has 0 aliphatic rings. The Morgan fingerprint density at radius 2 is 1.30 bits per heavy atom. The maximum atomic E-state index is 7.48. The minimum Gasteiger partial charge on any atom is -0.288 e. The Morgan fingerprint density at radius 3 is 1.50 bits per heavy atom. The lowest BCUT2D eigenvalue weighted by Gasteiger charge is -2.07. The van der Waals surface area contributed by atoms with Gasteiger partial charge in [-0.15, -0.1) is 0 Å². The van der Waals surface area contributed by atoms with Crippen LogP contribution in [0, 0.1) is 5.41 Å². The summed E-state index contributed by atoms with van der Waals surface area (Å²) in [4.78, 5) is 0. The van der Waals surface area contributed by atoms with Crippen LogP contribution in [-0.4, -0.2) is 14.9 Å². The van der Waals surface area contributed by atoms with Gasteiger partial charge in [0.15, 0.2) is 0 Å². The quantitative estimate of drug-likeness (QED) is 0.517. The van der Waals surface area contributed by atoms with E-state index >= 15 is 0 Å². The number of hydrogen-bond donors (Lipinski definition) is 1. The van der Waals surface area contributed by atoms with Crippen LogP contribution >= 0.6 is 23.5 Å². The van der Waals surface area contributed by atoms with Gasteiger partial charge in [0, 0.05) is 10.5 Å². The first kappa shape index (κ1) is 10.4. The molecule has 0 fully saturated rings.